The van der Waals surface area contributed by atoms with Crippen molar-refractivity contribution in [2.24, 2.45) is 0 Å². The molecule has 1 aliphatic rings. The van der Waals surface area contributed by atoms with Crippen molar-refractivity contribution in [3.05, 3.63) is 12.2 Å². The Kier molecular flexibility index (Phi) is 32.7. The smallest absolute Gasteiger partial charge is 0.302 e. The molecule has 0 spiro atoms. The third kappa shape index (κ3) is 31.6. The zero-order chi connectivity index (χ0) is 35.3. The molecule has 17 nitrogen and oxygen atoms in total. The summed E-state index contributed by atoms with van der Waals surface area (Å²) in [6, 6.07) is 0. The molecule has 2 amide bonds. The van der Waals surface area contributed by atoms with Gasteiger partial charge in [-0.2, -0.15) is 0 Å². The highest BCUT2D eigenvalue weighted by Gasteiger charge is 2.22. The maximum absolute atomic E-state index is 11.4. The van der Waals surface area contributed by atoms with Crippen LogP contribution in [0.4, 0.5) is 0 Å². The van der Waals surface area contributed by atoms with Crippen LogP contribution in [0.3, 0.4) is 0 Å². The van der Waals surface area contributed by atoms with Gasteiger partial charge in [0.05, 0.1) is 165 Å². The Morgan fingerprint density at radius 2 is 0.592 bits per heavy atom. The number of amides is 2. The largest absolute Gasteiger partial charge is 0.463 e. The minimum absolute atomic E-state index is 0.235. The number of hydrogen-bond acceptors (Lipinski definition) is 16. The molecule has 0 unspecified atom stereocenters. The minimum Gasteiger partial charge on any atom is -0.463 e. The van der Waals surface area contributed by atoms with Crippen LogP contribution in [0.2, 0.25) is 0 Å². The van der Waals surface area contributed by atoms with Gasteiger partial charge >= 0.3 is 5.97 Å². The summed E-state index contributed by atoms with van der Waals surface area (Å²) in [5.74, 6) is -0.937. The van der Waals surface area contributed by atoms with E-state index in [4.69, 9.17) is 61.6 Å². The van der Waals surface area contributed by atoms with Crippen molar-refractivity contribution < 1.29 is 76.0 Å². The summed E-state index contributed by atoms with van der Waals surface area (Å²) in [5, 5.41) is 0. The molecule has 0 saturated heterocycles. The SMILES string of the molecule is CC(=O)OCCOCCOCCOCCOCCOCCOCCOCCOCCOCCOCCOCCOCCN1C(=O)C=CC1=O. The molecule has 0 fully saturated rings. The molecule has 1 aliphatic heterocycles. The molecule has 0 aliphatic carbocycles. The number of imide groups is 1. The molecule has 49 heavy (non-hydrogen) atoms. The summed E-state index contributed by atoms with van der Waals surface area (Å²) in [7, 11) is 0. The molecule has 286 valence electrons. The monoisotopic (exact) mass is 711 g/mol. The lowest BCUT2D eigenvalue weighted by Crippen LogP contribution is -2.33. The van der Waals surface area contributed by atoms with Gasteiger partial charge in [-0.1, -0.05) is 0 Å². The number of rotatable bonds is 39. The van der Waals surface area contributed by atoms with E-state index in [9.17, 15) is 14.4 Å². The standard InChI is InChI=1S/C32H57NO16/c1-30(34)49-29-28-48-27-26-47-25-24-46-23-22-45-21-20-44-19-18-43-17-16-42-15-14-41-13-12-40-11-10-39-9-8-38-7-6-37-5-4-33-31(35)2-3-32(33)36/h2-3H,4-29H2,1H3. The fraction of sp³-hybridized carbons (Fsp3) is 0.844. The van der Waals surface area contributed by atoms with Crippen LogP contribution < -0.4 is 0 Å². The first kappa shape index (κ1) is 44.9. The van der Waals surface area contributed by atoms with E-state index in [2.05, 4.69) is 0 Å². The predicted molar refractivity (Wildman–Crippen MR) is 172 cm³/mol. The summed E-state index contributed by atoms with van der Waals surface area (Å²) < 4.78 is 69.7. The zero-order valence-corrected chi connectivity index (χ0v) is 29.0. The summed E-state index contributed by atoms with van der Waals surface area (Å²) >= 11 is 0. The normalized spacial score (nSPS) is 12.9. The predicted octanol–water partition coefficient (Wildman–Crippen LogP) is -0.326. The van der Waals surface area contributed by atoms with Crippen molar-refractivity contribution in [2.45, 2.75) is 6.92 Å². The van der Waals surface area contributed by atoms with Gasteiger partial charge in [-0.25, -0.2) is 0 Å². The zero-order valence-electron chi connectivity index (χ0n) is 29.0. The van der Waals surface area contributed by atoms with Crippen LogP contribution in [0.15, 0.2) is 12.2 Å². The van der Waals surface area contributed by atoms with Crippen LogP contribution in [-0.4, -0.2) is 194 Å². The number of carbonyl (C=O) groups excluding carboxylic acids is 3. The molecule has 0 radical (unpaired) electrons. The maximum atomic E-state index is 11.4. The highest BCUT2D eigenvalue weighted by Crippen LogP contribution is 2.02. The van der Waals surface area contributed by atoms with Crippen molar-refractivity contribution in [3.63, 3.8) is 0 Å². The van der Waals surface area contributed by atoms with Crippen LogP contribution in [0, 0.1) is 0 Å². The van der Waals surface area contributed by atoms with Crippen LogP contribution in [-0.2, 0) is 76.0 Å². The molecule has 17 heteroatoms. The molecule has 0 aromatic rings. The van der Waals surface area contributed by atoms with Crippen LogP contribution >= 0.6 is 0 Å². The third-order valence-corrected chi connectivity index (χ3v) is 5.98. The summed E-state index contributed by atoms with van der Waals surface area (Å²) in [6.07, 6.45) is 2.50. The van der Waals surface area contributed by atoms with Crippen molar-refractivity contribution in [1.29, 1.82) is 0 Å². The first-order chi connectivity index (χ1) is 24.1. The summed E-state index contributed by atoms with van der Waals surface area (Å²) in [4.78, 5) is 34.5. The Morgan fingerprint density at radius 1 is 0.388 bits per heavy atom. The van der Waals surface area contributed by atoms with E-state index in [1.807, 2.05) is 0 Å². The van der Waals surface area contributed by atoms with Crippen LogP contribution in [0.25, 0.3) is 0 Å². The molecule has 0 saturated carbocycles. The second-order valence-corrected chi connectivity index (χ2v) is 9.85. The van der Waals surface area contributed by atoms with Gasteiger partial charge < -0.3 is 61.6 Å². The average Bonchev–Trinajstić information content (AvgIpc) is 3.41. The van der Waals surface area contributed by atoms with Gasteiger partial charge in [-0.15, -0.1) is 0 Å². The van der Waals surface area contributed by atoms with Crippen LogP contribution in [0.1, 0.15) is 6.92 Å². The minimum atomic E-state index is -0.317. The molecule has 1 heterocycles. The molecule has 1 rings (SSSR count). The molecule has 0 bridgehead atoms. The third-order valence-electron chi connectivity index (χ3n) is 5.98. The average molecular weight is 712 g/mol. The lowest BCUT2D eigenvalue weighted by Gasteiger charge is -2.13. The van der Waals surface area contributed by atoms with Gasteiger partial charge in [-0.05, 0) is 0 Å². The van der Waals surface area contributed by atoms with E-state index >= 15 is 0 Å². The maximum Gasteiger partial charge on any atom is 0.302 e. The number of hydrogen-bond donors (Lipinski definition) is 0. The topological polar surface area (TPSA) is 174 Å². The highest BCUT2D eigenvalue weighted by molar-refractivity contribution is 6.12. The fourth-order valence-corrected chi connectivity index (χ4v) is 3.57. The van der Waals surface area contributed by atoms with E-state index in [-0.39, 0.29) is 37.5 Å². The van der Waals surface area contributed by atoms with Crippen molar-refractivity contribution in [1.82, 2.24) is 4.90 Å². The van der Waals surface area contributed by atoms with Crippen molar-refractivity contribution >= 4 is 17.8 Å². The highest BCUT2D eigenvalue weighted by atomic mass is 16.6. The second-order valence-electron chi connectivity index (χ2n) is 9.85. The Bertz CT molecular complexity index is 800. The molecule has 0 aromatic carbocycles. The Hall–Kier alpha value is -2.13. The molecule has 0 atom stereocenters. The Labute approximate surface area is 289 Å². The van der Waals surface area contributed by atoms with E-state index in [1.54, 1.807) is 0 Å². The summed E-state index contributed by atoms with van der Waals surface area (Å²) in [6.45, 7) is 12.7. The number of ether oxygens (including phenoxy) is 13. The van der Waals surface area contributed by atoms with E-state index in [0.29, 0.717) is 152 Å². The van der Waals surface area contributed by atoms with Gasteiger partial charge in [0.25, 0.3) is 11.8 Å². The van der Waals surface area contributed by atoms with Crippen LogP contribution in [0.5, 0.6) is 0 Å². The van der Waals surface area contributed by atoms with Crippen molar-refractivity contribution in [2.75, 3.05) is 172 Å². The van der Waals surface area contributed by atoms with E-state index in [0.717, 1.165) is 4.90 Å². The lowest BCUT2D eigenvalue weighted by molar-refractivity contribution is -0.142. The second kappa shape index (κ2) is 35.7. The van der Waals surface area contributed by atoms with Gasteiger partial charge in [0, 0.05) is 19.1 Å². The fourth-order valence-electron chi connectivity index (χ4n) is 3.57. The van der Waals surface area contributed by atoms with Gasteiger partial charge in [0.1, 0.15) is 6.61 Å². The lowest BCUT2D eigenvalue weighted by atomic mass is 10.5. The quantitative estimate of drug-likeness (QED) is 0.0460. The molecular weight excluding hydrogens is 654 g/mol. The first-order valence-electron chi connectivity index (χ1n) is 16.7. The van der Waals surface area contributed by atoms with Gasteiger partial charge in [0.15, 0.2) is 0 Å². The number of nitrogens with zero attached hydrogens (tertiary/aromatic N) is 1. The molecule has 0 N–H and O–H groups in total. The Morgan fingerprint density at radius 3 is 0.816 bits per heavy atom. The molecule has 0 aromatic heterocycles. The first-order valence-corrected chi connectivity index (χ1v) is 16.7. The number of esters is 1. The molecular formula is C32H57NO16. The Balaban J connectivity index is 1.62. The number of carbonyl (C=O) groups is 3. The van der Waals surface area contributed by atoms with E-state index < -0.39 is 0 Å². The van der Waals surface area contributed by atoms with Gasteiger partial charge in [0.2, 0.25) is 0 Å². The van der Waals surface area contributed by atoms with Crippen molar-refractivity contribution in [3.8, 4) is 0 Å². The summed E-state index contributed by atoms with van der Waals surface area (Å²) in [5.41, 5.74) is 0. The van der Waals surface area contributed by atoms with Gasteiger partial charge in [-0.3, -0.25) is 19.3 Å². The van der Waals surface area contributed by atoms with E-state index in [1.165, 1.54) is 19.1 Å².